The molecule has 0 aromatic rings. The van der Waals surface area contributed by atoms with E-state index in [9.17, 15) is 0 Å². The Bertz CT molecular complexity index is 114. The zero-order valence-electron chi connectivity index (χ0n) is 13.6. The molecule has 0 aromatic heterocycles. The van der Waals surface area contributed by atoms with E-state index in [1.807, 2.05) is 0 Å². The van der Waals surface area contributed by atoms with Crippen LogP contribution in [0, 0.1) is 0 Å². The lowest BCUT2D eigenvalue weighted by Crippen LogP contribution is -1.95. The van der Waals surface area contributed by atoms with Gasteiger partial charge in [-0.3, -0.25) is 0 Å². The number of hydrogen-bond donors (Lipinski definition) is 1. The summed E-state index contributed by atoms with van der Waals surface area (Å²) in [5.41, 5.74) is 5.14. The summed E-state index contributed by atoms with van der Waals surface area (Å²) in [6, 6.07) is 0. The Kier molecular flexibility index (Phi) is 26.9. The second-order valence-electron chi connectivity index (χ2n) is 5.37. The monoisotopic (exact) mass is 335 g/mol. The molecule has 0 atom stereocenters. The van der Waals surface area contributed by atoms with Gasteiger partial charge in [0.1, 0.15) is 0 Å². The molecule has 1 nitrogen and oxygen atoms in total. The van der Waals surface area contributed by atoms with E-state index in [1.165, 1.54) is 88.8 Å². The lowest BCUT2D eigenvalue weighted by molar-refractivity contribution is 0.555. The molecule has 118 valence electrons. The first kappa shape index (κ1) is 21.7. The first-order valence-corrected chi connectivity index (χ1v) is 9.71. The average molecular weight is 336 g/mol. The van der Waals surface area contributed by atoms with Gasteiger partial charge in [-0.25, -0.2) is 0 Å². The number of unbranched alkanes of at least 4 members (excludes halogenated alkanes) is 11. The molecule has 0 bridgehead atoms. The molecule has 0 aliphatic rings. The molecule has 0 rings (SSSR count). The Hall–Kier alpha value is 0.440. The number of alkyl halides is 1. The minimum absolute atomic E-state index is 0.844. The molecule has 0 aliphatic carbocycles. The van der Waals surface area contributed by atoms with Crippen LogP contribution in [0.25, 0.3) is 0 Å². The summed E-state index contributed by atoms with van der Waals surface area (Å²) in [4.78, 5) is 0. The van der Waals surface area contributed by atoms with Crippen molar-refractivity contribution in [2.75, 3.05) is 11.9 Å². The van der Waals surface area contributed by atoms with Gasteiger partial charge in [-0.1, -0.05) is 100 Å². The Morgan fingerprint density at radius 3 is 1.21 bits per heavy atom. The SMILES string of the molecule is CCCCCCCCCCCCCBr.CCCCN. The molecule has 0 saturated heterocycles. The molecule has 19 heavy (non-hydrogen) atoms. The van der Waals surface area contributed by atoms with E-state index in [0.29, 0.717) is 0 Å². The maximum absolute atomic E-state index is 5.14. The van der Waals surface area contributed by atoms with Gasteiger partial charge in [-0.2, -0.15) is 0 Å². The summed E-state index contributed by atoms with van der Waals surface area (Å²) < 4.78 is 0. The van der Waals surface area contributed by atoms with Gasteiger partial charge in [0.15, 0.2) is 0 Å². The van der Waals surface area contributed by atoms with Gasteiger partial charge in [0.25, 0.3) is 0 Å². The zero-order valence-corrected chi connectivity index (χ0v) is 15.1. The molecular formula is C17H38BrN. The quantitative estimate of drug-likeness (QED) is 0.304. The normalized spacial score (nSPS) is 10.1. The van der Waals surface area contributed by atoms with Gasteiger partial charge in [0.05, 0.1) is 0 Å². The van der Waals surface area contributed by atoms with Crippen molar-refractivity contribution in [3.63, 3.8) is 0 Å². The minimum Gasteiger partial charge on any atom is -0.330 e. The molecule has 0 radical (unpaired) electrons. The van der Waals surface area contributed by atoms with Crippen LogP contribution >= 0.6 is 15.9 Å². The average Bonchev–Trinajstić information content (AvgIpc) is 2.43. The van der Waals surface area contributed by atoms with Crippen LogP contribution in [0.3, 0.4) is 0 Å². The molecule has 0 heterocycles. The third-order valence-corrected chi connectivity index (χ3v) is 3.86. The summed E-state index contributed by atoms with van der Waals surface area (Å²) in [7, 11) is 0. The number of nitrogens with two attached hydrogens (primary N) is 1. The van der Waals surface area contributed by atoms with E-state index in [-0.39, 0.29) is 0 Å². The molecule has 0 aromatic carbocycles. The van der Waals surface area contributed by atoms with E-state index >= 15 is 0 Å². The van der Waals surface area contributed by atoms with Crippen LogP contribution in [0.5, 0.6) is 0 Å². The van der Waals surface area contributed by atoms with Gasteiger partial charge in [-0.05, 0) is 19.4 Å². The van der Waals surface area contributed by atoms with E-state index in [1.54, 1.807) is 0 Å². The van der Waals surface area contributed by atoms with Gasteiger partial charge in [0.2, 0.25) is 0 Å². The fourth-order valence-electron chi connectivity index (χ4n) is 1.96. The maximum atomic E-state index is 5.14. The van der Waals surface area contributed by atoms with Gasteiger partial charge < -0.3 is 5.73 Å². The van der Waals surface area contributed by atoms with E-state index in [4.69, 9.17) is 5.73 Å². The topological polar surface area (TPSA) is 26.0 Å². The third-order valence-electron chi connectivity index (χ3n) is 3.29. The fraction of sp³-hybridized carbons (Fsp3) is 1.00. The minimum atomic E-state index is 0.844. The molecule has 2 N–H and O–H groups in total. The van der Waals surface area contributed by atoms with Crippen molar-refractivity contribution in [3.05, 3.63) is 0 Å². The summed E-state index contributed by atoms with van der Waals surface area (Å²) in [6.07, 6.45) is 18.2. The molecular weight excluding hydrogens is 298 g/mol. The fourth-order valence-corrected chi connectivity index (χ4v) is 2.36. The number of halogens is 1. The van der Waals surface area contributed by atoms with Crippen LogP contribution in [0.15, 0.2) is 0 Å². The molecule has 0 unspecified atom stereocenters. The van der Waals surface area contributed by atoms with Crippen molar-refractivity contribution in [1.29, 1.82) is 0 Å². The Balaban J connectivity index is 0. The summed E-state index contributed by atoms with van der Waals surface area (Å²) in [5, 5.41) is 1.18. The van der Waals surface area contributed by atoms with E-state index < -0.39 is 0 Å². The van der Waals surface area contributed by atoms with Crippen LogP contribution in [0.1, 0.15) is 97.3 Å². The van der Waals surface area contributed by atoms with Crippen LogP contribution in [0.2, 0.25) is 0 Å². The summed E-state index contributed by atoms with van der Waals surface area (Å²) >= 11 is 3.47. The third kappa shape index (κ3) is 27.6. The highest BCUT2D eigenvalue weighted by atomic mass is 79.9. The van der Waals surface area contributed by atoms with Crippen LogP contribution < -0.4 is 5.73 Å². The molecule has 0 aliphatic heterocycles. The summed E-state index contributed by atoms with van der Waals surface area (Å²) in [6.45, 7) is 5.26. The Morgan fingerprint density at radius 2 is 0.947 bits per heavy atom. The van der Waals surface area contributed by atoms with Crippen molar-refractivity contribution in [3.8, 4) is 0 Å². The summed E-state index contributed by atoms with van der Waals surface area (Å²) in [5.74, 6) is 0. The van der Waals surface area contributed by atoms with Crippen LogP contribution in [-0.2, 0) is 0 Å². The predicted molar refractivity (Wildman–Crippen MR) is 94.2 cm³/mol. The maximum Gasteiger partial charge on any atom is 0.00313 e. The highest BCUT2D eigenvalue weighted by Gasteiger charge is 1.91. The largest absolute Gasteiger partial charge is 0.330 e. The van der Waals surface area contributed by atoms with Crippen molar-refractivity contribution in [2.24, 2.45) is 5.73 Å². The second kappa shape index (κ2) is 23.5. The first-order valence-electron chi connectivity index (χ1n) is 8.59. The van der Waals surface area contributed by atoms with Gasteiger partial charge >= 0.3 is 0 Å². The van der Waals surface area contributed by atoms with Crippen molar-refractivity contribution < 1.29 is 0 Å². The Morgan fingerprint density at radius 1 is 0.579 bits per heavy atom. The lowest BCUT2D eigenvalue weighted by atomic mass is 10.1. The molecule has 0 spiro atoms. The van der Waals surface area contributed by atoms with Crippen molar-refractivity contribution in [1.82, 2.24) is 0 Å². The number of hydrogen-bond acceptors (Lipinski definition) is 1. The van der Waals surface area contributed by atoms with Gasteiger partial charge in [0, 0.05) is 5.33 Å². The molecule has 0 fully saturated rings. The van der Waals surface area contributed by atoms with Crippen LogP contribution in [0.4, 0.5) is 0 Å². The van der Waals surface area contributed by atoms with E-state index in [0.717, 1.165) is 6.54 Å². The van der Waals surface area contributed by atoms with Gasteiger partial charge in [-0.15, -0.1) is 0 Å². The van der Waals surface area contributed by atoms with E-state index in [2.05, 4.69) is 29.8 Å². The zero-order chi connectivity index (χ0) is 14.6. The first-order chi connectivity index (χ1) is 9.33. The van der Waals surface area contributed by atoms with Crippen molar-refractivity contribution in [2.45, 2.75) is 97.3 Å². The highest BCUT2D eigenvalue weighted by Crippen LogP contribution is 2.11. The molecule has 0 saturated carbocycles. The smallest absolute Gasteiger partial charge is 0.00313 e. The highest BCUT2D eigenvalue weighted by molar-refractivity contribution is 9.09. The lowest BCUT2D eigenvalue weighted by Gasteiger charge is -2.01. The Labute approximate surface area is 131 Å². The standard InChI is InChI=1S/C13H27Br.C4H11N/c1-2-3-4-5-6-7-8-9-10-11-12-13-14;1-2-3-4-5/h2-13H2,1H3;2-5H2,1H3. The van der Waals surface area contributed by atoms with Crippen molar-refractivity contribution >= 4 is 15.9 Å². The number of rotatable bonds is 13. The predicted octanol–water partition coefficient (Wildman–Crippen LogP) is 6.44. The molecule has 0 amide bonds. The van der Waals surface area contributed by atoms with Crippen LogP contribution in [-0.4, -0.2) is 11.9 Å². The second-order valence-corrected chi connectivity index (χ2v) is 6.16. The molecule has 2 heteroatoms.